The maximum atomic E-state index is 11.7. The van der Waals surface area contributed by atoms with Gasteiger partial charge in [-0.2, -0.15) is 0 Å². The molecule has 2 N–H and O–H groups in total. The van der Waals surface area contributed by atoms with Crippen LogP contribution < -0.4 is 10.6 Å². The molecular weight excluding hydrogens is 206 g/mol. The number of nitrogens with zero attached hydrogens (tertiary/aromatic N) is 1. The van der Waals surface area contributed by atoms with Crippen molar-refractivity contribution in [2.45, 2.75) is 38.3 Å². The van der Waals surface area contributed by atoms with Crippen molar-refractivity contribution in [1.29, 1.82) is 0 Å². The highest BCUT2D eigenvalue weighted by atomic mass is 16.2. The van der Waals surface area contributed by atoms with E-state index < -0.39 is 5.54 Å². The fourth-order valence-electron chi connectivity index (χ4n) is 2.31. The zero-order chi connectivity index (χ0) is 11.8. The molecule has 0 radical (unpaired) electrons. The van der Waals surface area contributed by atoms with Crippen molar-refractivity contribution < 1.29 is 9.59 Å². The molecule has 0 bridgehead atoms. The highest BCUT2D eigenvalue weighted by Gasteiger charge is 2.41. The minimum atomic E-state index is -0.585. The highest BCUT2D eigenvalue weighted by molar-refractivity contribution is 6.02. The summed E-state index contributed by atoms with van der Waals surface area (Å²) in [6.07, 6.45) is 2.31. The summed E-state index contributed by atoms with van der Waals surface area (Å²) in [4.78, 5) is 25.0. The third-order valence-electron chi connectivity index (χ3n) is 3.54. The summed E-state index contributed by atoms with van der Waals surface area (Å²) in [7, 11) is 0. The Morgan fingerprint density at radius 1 is 1.44 bits per heavy atom. The molecule has 0 unspecified atom stereocenters. The van der Waals surface area contributed by atoms with E-state index in [0.717, 1.165) is 19.5 Å². The summed E-state index contributed by atoms with van der Waals surface area (Å²) >= 11 is 0. The second-order valence-corrected chi connectivity index (χ2v) is 5.11. The van der Waals surface area contributed by atoms with Crippen LogP contribution in [0.5, 0.6) is 0 Å². The summed E-state index contributed by atoms with van der Waals surface area (Å²) in [6, 6.07) is 0.415. The van der Waals surface area contributed by atoms with Crippen LogP contribution in [-0.4, -0.2) is 47.9 Å². The second-order valence-electron chi connectivity index (χ2n) is 5.11. The zero-order valence-corrected chi connectivity index (χ0v) is 9.88. The summed E-state index contributed by atoms with van der Waals surface area (Å²) in [6.45, 7) is 5.86. The largest absolute Gasteiger partial charge is 0.313 e. The minimum absolute atomic E-state index is 0.192. The van der Waals surface area contributed by atoms with E-state index in [2.05, 4.69) is 10.6 Å². The van der Waals surface area contributed by atoms with Crippen LogP contribution in [0.3, 0.4) is 0 Å². The van der Waals surface area contributed by atoms with E-state index in [4.69, 9.17) is 0 Å². The van der Waals surface area contributed by atoms with E-state index in [1.54, 1.807) is 0 Å². The first-order valence-electron chi connectivity index (χ1n) is 5.83. The van der Waals surface area contributed by atoms with Crippen molar-refractivity contribution in [1.82, 2.24) is 15.5 Å². The van der Waals surface area contributed by atoms with Gasteiger partial charge in [-0.05, 0) is 33.2 Å². The van der Waals surface area contributed by atoms with Crippen LogP contribution in [0.25, 0.3) is 0 Å². The fraction of sp³-hybridized carbons (Fsp3) is 0.818. The zero-order valence-electron chi connectivity index (χ0n) is 9.88. The summed E-state index contributed by atoms with van der Waals surface area (Å²) in [5, 5.41) is 5.77. The van der Waals surface area contributed by atoms with Crippen molar-refractivity contribution in [3.05, 3.63) is 0 Å². The fourth-order valence-corrected chi connectivity index (χ4v) is 2.31. The summed E-state index contributed by atoms with van der Waals surface area (Å²) < 4.78 is 0. The first-order valence-corrected chi connectivity index (χ1v) is 5.83. The molecule has 2 aliphatic rings. The van der Waals surface area contributed by atoms with Crippen molar-refractivity contribution in [2.24, 2.45) is 0 Å². The smallest absolute Gasteiger partial charge is 0.246 e. The lowest BCUT2D eigenvalue weighted by Gasteiger charge is -2.41. The van der Waals surface area contributed by atoms with E-state index in [0.29, 0.717) is 12.6 Å². The third kappa shape index (κ3) is 2.10. The number of rotatable bonds is 2. The second kappa shape index (κ2) is 4.14. The maximum Gasteiger partial charge on any atom is 0.246 e. The Bertz CT molecular complexity index is 308. The Kier molecular flexibility index (Phi) is 2.99. The topological polar surface area (TPSA) is 61.4 Å². The molecule has 1 atom stereocenters. The van der Waals surface area contributed by atoms with Crippen molar-refractivity contribution in [2.75, 3.05) is 19.6 Å². The van der Waals surface area contributed by atoms with Gasteiger partial charge in [0.15, 0.2) is 0 Å². The van der Waals surface area contributed by atoms with Gasteiger partial charge in [-0.15, -0.1) is 0 Å². The standard InChI is InChI=1S/C11H19N3O2/c1-11(2)10(16)13-9(15)7-14(11)6-8-4-3-5-12-8/h8,12H,3-7H2,1-2H3,(H,13,15,16)/t8-/m1/s1. The number of hydrogen-bond acceptors (Lipinski definition) is 4. The molecule has 0 aromatic carbocycles. The van der Waals surface area contributed by atoms with E-state index >= 15 is 0 Å². The van der Waals surface area contributed by atoms with E-state index in [1.807, 2.05) is 18.7 Å². The lowest BCUT2D eigenvalue weighted by atomic mass is 9.97. The van der Waals surface area contributed by atoms with E-state index in [-0.39, 0.29) is 11.8 Å². The highest BCUT2D eigenvalue weighted by Crippen LogP contribution is 2.20. The molecule has 0 aromatic heterocycles. The molecule has 2 fully saturated rings. The number of imide groups is 1. The van der Waals surface area contributed by atoms with Crippen LogP contribution in [0.4, 0.5) is 0 Å². The molecule has 5 heteroatoms. The van der Waals surface area contributed by atoms with Gasteiger partial charge in [-0.1, -0.05) is 0 Å². The van der Waals surface area contributed by atoms with E-state index in [1.165, 1.54) is 6.42 Å². The molecule has 16 heavy (non-hydrogen) atoms. The number of amides is 2. The molecule has 2 heterocycles. The van der Waals surface area contributed by atoms with Crippen molar-refractivity contribution in [3.8, 4) is 0 Å². The van der Waals surface area contributed by atoms with Crippen LogP contribution >= 0.6 is 0 Å². The number of carbonyl (C=O) groups is 2. The molecule has 2 amide bonds. The average Bonchev–Trinajstić information content (AvgIpc) is 2.67. The predicted octanol–water partition coefficient (Wildman–Crippen LogP) is -0.525. The quantitative estimate of drug-likeness (QED) is 0.621. The van der Waals surface area contributed by atoms with E-state index in [9.17, 15) is 9.59 Å². The molecule has 90 valence electrons. The Morgan fingerprint density at radius 2 is 2.19 bits per heavy atom. The van der Waals surface area contributed by atoms with Gasteiger partial charge in [0.1, 0.15) is 0 Å². The SMILES string of the molecule is CC1(C)C(=O)NC(=O)CN1C[C@H]1CCCN1. The van der Waals surface area contributed by atoms with Crippen LogP contribution in [0.2, 0.25) is 0 Å². The van der Waals surface area contributed by atoms with Gasteiger partial charge < -0.3 is 5.32 Å². The summed E-state index contributed by atoms with van der Waals surface area (Å²) in [5.74, 6) is -0.385. The monoisotopic (exact) mass is 225 g/mol. The summed E-state index contributed by atoms with van der Waals surface area (Å²) in [5.41, 5.74) is -0.585. The van der Waals surface area contributed by atoms with Gasteiger partial charge in [0, 0.05) is 12.6 Å². The van der Waals surface area contributed by atoms with Crippen molar-refractivity contribution >= 4 is 11.8 Å². The molecular formula is C11H19N3O2. The van der Waals surface area contributed by atoms with Gasteiger partial charge >= 0.3 is 0 Å². The Balaban J connectivity index is 2.04. The number of carbonyl (C=O) groups excluding carboxylic acids is 2. The first kappa shape index (κ1) is 11.5. The normalized spacial score (nSPS) is 30.5. The van der Waals surface area contributed by atoms with Crippen molar-refractivity contribution in [3.63, 3.8) is 0 Å². The van der Waals surface area contributed by atoms with Gasteiger partial charge in [0.2, 0.25) is 11.8 Å². The average molecular weight is 225 g/mol. The molecule has 0 saturated carbocycles. The molecule has 0 aliphatic carbocycles. The first-order chi connectivity index (χ1) is 7.50. The van der Waals surface area contributed by atoms with Crippen LogP contribution in [0, 0.1) is 0 Å². The predicted molar refractivity (Wildman–Crippen MR) is 59.8 cm³/mol. The van der Waals surface area contributed by atoms with Gasteiger partial charge in [-0.3, -0.25) is 19.8 Å². The third-order valence-corrected chi connectivity index (χ3v) is 3.54. The van der Waals surface area contributed by atoms with Crippen LogP contribution in [-0.2, 0) is 9.59 Å². The van der Waals surface area contributed by atoms with Gasteiger partial charge in [0.25, 0.3) is 0 Å². The van der Waals surface area contributed by atoms with Gasteiger partial charge in [0.05, 0.1) is 12.1 Å². The van der Waals surface area contributed by atoms with Gasteiger partial charge in [-0.25, -0.2) is 0 Å². The molecule has 0 aromatic rings. The Hall–Kier alpha value is -0.940. The lowest BCUT2D eigenvalue weighted by molar-refractivity contribution is -0.145. The van der Waals surface area contributed by atoms with Crippen LogP contribution in [0.15, 0.2) is 0 Å². The number of nitrogens with one attached hydrogen (secondary N) is 2. The minimum Gasteiger partial charge on any atom is -0.313 e. The molecule has 2 rings (SSSR count). The maximum absolute atomic E-state index is 11.7. The lowest BCUT2D eigenvalue weighted by Crippen LogP contribution is -2.65. The molecule has 0 spiro atoms. The number of hydrogen-bond donors (Lipinski definition) is 2. The Labute approximate surface area is 95.6 Å². The van der Waals surface area contributed by atoms with Crippen LogP contribution in [0.1, 0.15) is 26.7 Å². The Morgan fingerprint density at radius 3 is 2.81 bits per heavy atom. The molecule has 2 aliphatic heterocycles. The molecule has 2 saturated heterocycles. The molecule has 5 nitrogen and oxygen atoms in total. The number of piperazine rings is 1.